The van der Waals surface area contributed by atoms with Crippen LogP contribution in [0.2, 0.25) is 0 Å². The summed E-state index contributed by atoms with van der Waals surface area (Å²) in [4.78, 5) is 13.0. The quantitative estimate of drug-likeness (QED) is 0.293. The van der Waals surface area contributed by atoms with Gasteiger partial charge in [-0.3, -0.25) is 0 Å². The van der Waals surface area contributed by atoms with E-state index < -0.39 is 0 Å². The van der Waals surface area contributed by atoms with Crippen LogP contribution in [0, 0.1) is 19.8 Å². The van der Waals surface area contributed by atoms with Gasteiger partial charge in [0.2, 0.25) is 0 Å². The molecule has 0 aliphatic heterocycles. The van der Waals surface area contributed by atoms with Gasteiger partial charge in [-0.2, -0.15) is 0 Å². The lowest BCUT2D eigenvalue weighted by Gasteiger charge is -2.07. The van der Waals surface area contributed by atoms with E-state index in [9.17, 15) is 0 Å². The van der Waals surface area contributed by atoms with Crippen molar-refractivity contribution in [1.29, 1.82) is 0 Å². The molecular weight excluding hydrogens is 432 g/mol. The highest BCUT2D eigenvalue weighted by molar-refractivity contribution is 5.73. The van der Waals surface area contributed by atoms with E-state index in [1.165, 1.54) is 11.1 Å². The van der Waals surface area contributed by atoms with Crippen molar-refractivity contribution in [3.63, 3.8) is 0 Å². The average Bonchev–Trinajstić information content (AvgIpc) is 3.52. The summed E-state index contributed by atoms with van der Waals surface area (Å²) >= 11 is 0. The molecule has 0 radical (unpaired) electrons. The van der Waals surface area contributed by atoms with E-state index >= 15 is 0 Å². The Kier molecular flexibility index (Phi) is 16.0. The predicted molar refractivity (Wildman–Crippen MR) is 152 cm³/mol. The number of furan rings is 1. The van der Waals surface area contributed by atoms with Gasteiger partial charge in [-0.05, 0) is 57.2 Å². The molecule has 5 heteroatoms. The van der Waals surface area contributed by atoms with Crippen LogP contribution in [0.5, 0.6) is 0 Å². The van der Waals surface area contributed by atoms with Gasteiger partial charge >= 0.3 is 0 Å². The second-order valence-electron chi connectivity index (χ2n) is 8.57. The first-order valence-corrected chi connectivity index (χ1v) is 13.0. The Labute approximate surface area is 214 Å². The molecule has 0 saturated carbocycles. The van der Waals surface area contributed by atoms with Crippen molar-refractivity contribution in [3.8, 4) is 11.1 Å². The molecule has 194 valence electrons. The topological polar surface area (TPSA) is 56.7 Å². The Balaban J connectivity index is 0.000000513. The summed E-state index contributed by atoms with van der Waals surface area (Å²) in [5.41, 5.74) is 6.52. The van der Waals surface area contributed by atoms with Crippen molar-refractivity contribution >= 4 is 11.2 Å². The van der Waals surface area contributed by atoms with Crippen LogP contribution in [-0.4, -0.2) is 19.5 Å². The number of benzene rings is 1. The molecule has 0 aliphatic rings. The SMILES string of the molecule is CC.CC.CC(C)C.CCc1ccc(-c2ccoc2)cc1.Cc1nc(C)c2ncn(C(C)C)c2n1. The zero-order valence-corrected chi connectivity index (χ0v) is 24.2. The monoisotopic (exact) mass is 480 g/mol. The van der Waals surface area contributed by atoms with Gasteiger partial charge in [0.1, 0.15) is 11.3 Å². The van der Waals surface area contributed by atoms with Gasteiger partial charge in [0.25, 0.3) is 0 Å². The molecule has 0 saturated heterocycles. The first-order valence-electron chi connectivity index (χ1n) is 13.0. The fourth-order valence-corrected chi connectivity index (χ4v) is 2.93. The summed E-state index contributed by atoms with van der Waals surface area (Å²) in [7, 11) is 0. The van der Waals surface area contributed by atoms with Crippen LogP contribution in [0.15, 0.2) is 53.6 Å². The number of rotatable bonds is 3. The number of hydrogen-bond donors (Lipinski definition) is 0. The summed E-state index contributed by atoms with van der Waals surface area (Å²) in [5, 5.41) is 0. The van der Waals surface area contributed by atoms with E-state index in [4.69, 9.17) is 4.42 Å². The van der Waals surface area contributed by atoms with Crippen LogP contribution in [0.25, 0.3) is 22.3 Å². The maximum Gasteiger partial charge on any atom is 0.164 e. The van der Waals surface area contributed by atoms with Crippen molar-refractivity contribution < 1.29 is 4.42 Å². The molecule has 0 N–H and O–H groups in total. The van der Waals surface area contributed by atoms with Crippen LogP contribution in [0.1, 0.15) is 92.4 Å². The maximum absolute atomic E-state index is 5.03. The van der Waals surface area contributed by atoms with Gasteiger partial charge in [-0.1, -0.05) is 79.7 Å². The molecule has 0 unspecified atom stereocenters. The number of aromatic nitrogens is 4. The summed E-state index contributed by atoms with van der Waals surface area (Å²) in [6.07, 6.45) is 6.38. The van der Waals surface area contributed by atoms with E-state index in [0.29, 0.717) is 6.04 Å². The number of fused-ring (bicyclic) bond motifs is 1. The smallest absolute Gasteiger partial charge is 0.164 e. The molecule has 35 heavy (non-hydrogen) atoms. The lowest BCUT2D eigenvalue weighted by molar-refractivity contribution is 0.568. The van der Waals surface area contributed by atoms with E-state index in [-0.39, 0.29) is 0 Å². The molecule has 0 bridgehead atoms. The molecule has 0 aliphatic carbocycles. The van der Waals surface area contributed by atoms with E-state index in [1.807, 2.05) is 53.9 Å². The Morgan fingerprint density at radius 3 is 1.86 bits per heavy atom. The van der Waals surface area contributed by atoms with Crippen molar-refractivity contribution in [1.82, 2.24) is 19.5 Å². The molecule has 0 spiro atoms. The fourth-order valence-electron chi connectivity index (χ4n) is 2.93. The molecule has 3 heterocycles. The predicted octanol–water partition coefficient (Wildman–Crippen LogP) is 9.25. The summed E-state index contributed by atoms with van der Waals surface area (Å²) in [5.74, 6) is 1.64. The van der Waals surface area contributed by atoms with Gasteiger partial charge in [0.15, 0.2) is 5.65 Å². The van der Waals surface area contributed by atoms with Gasteiger partial charge in [-0.25, -0.2) is 15.0 Å². The van der Waals surface area contributed by atoms with Gasteiger partial charge in [0, 0.05) is 11.6 Å². The largest absolute Gasteiger partial charge is 0.472 e. The van der Waals surface area contributed by atoms with Gasteiger partial charge < -0.3 is 8.98 Å². The highest BCUT2D eigenvalue weighted by Crippen LogP contribution is 2.20. The number of aryl methyl sites for hydroxylation is 3. The molecule has 4 aromatic rings. The summed E-state index contributed by atoms with van der Waals surface area (Å²) < 4.78 is 7.09. The molecule has 3 aromatic heterocycles. The van der Waals surface area contributed by atoms with Crippen molar-refractivity contribution in [2.24, 2.45) is 5.92 Å². The van der Waals surface area contributed by atoms with Gasteiger partial charge in [0.05, 0.1) is 24.5 Å². The van der Waals surface area contributed by atoms with E-state index in [2.05, 4.69) is 85.3 Å². The van der Waals surface area contributed by atoms with E-state index in [1.54, 1.807) is 12.5 Å². The molecule has 0 amide bonds. The van der Waals surface area contributed by atoms with Crippen molar-refractivity contribution in [2.75, 3.05) is 0 Å². The maximum atomic E-state index is 5.03. The standard InChI is InChI=1S/C12H12O.C10H14N4.C4H10.2C2H6/c1-2-10-3-5-11(6-4-10)12-7-8-13-9-12;1-6(2)14-5-11-9-7(3)12-8(4)13-10(9)14;1-4(2)3;2*1-2/h3-9H,2H2,1H3;5-6H,1-4H3;4H,1-3H3;2*1-2H3. The minimum absolute atomic E-state index is 0.383. The van der Waals surface area contributed by atoms with Crippen LogP contribution in [0.4, 0.5) is 0 Å². The number of hydrogen-bond acceptors (Lipinski definition) is 4. The van der Waals surface area contributed by atoms with Crippen LogP contribution in [-0.2, 0) is 6.42 Å². The minimum atomic E-state index is 0.383. The first kappa shape index (κ1) is 32.0. The fraction of sp³-hybridized carbons (Fsp3) is 0.500. The Hall–Kier alpha value is -2.95. The lowest BCUT2D eigenvalue weighted by Crippen LogP contribution is -2.01. The summed E-state index contributed by atoms with van der Waals surface area (Å²) in [6.45, 7) is 24.8. The highest BCUT2D eigenvalue weighted by Gasteiger charge is 2.10. The normalized spacial score (nSPS) is 9.77. The summed E-state index contributed by atoms with van der Waals surface area (Å²) in [6, 6.07) is 10.9. The van der Waals surface area contributed by atoms with Crippen LogP contribution in [0.3, 0.4) is 0 Å². The lowest BCUT2D eigenvalue weighted by atomic mass is 10.1. The zero-order valence-electron chi connectivity index (χ0n) is 24.2. The van der Waals surface area contributed by atoms with E-state index in [0.717, 1.165) is 40.6 Å². The number of imidazole rings is 1. The van der Waals surface area contributed by atoms with Crippen LogP contribution < -0.4 is 0 Å². The highest BCUT2D eigenvalue weighted by atomic mass is 16.3. The molecule has 0 atom stereocenters. The Morgan fingerprint density at radius 2 is 1.40 bits per heavy atom. The third-order valence-corrected chi connectivity index (χ3v) is 4.48. The van der Waals surface area contributed by atoms with Crippen LogP contribution >= 0.6 is 0 Å². The number of nitrogens with zero attached hydrogens (tertiary/aromatic N) is 4. The molecule has 4 rings (SSSR count). The molecule has 0 fully saturated rings. The van der Waals surface area contributed by atoms with Crippen molar-refractivity contribution in [3.05, 3.63) is 66.3 Å². The third-order valence-electron chi connectivity index (χ3n) is 4.48. The Morgan fingerprint density at radius 1 is 0.829 bits per heavy atom. The molecule has 1 aromatic carbocycles. The first-order chi connectivity index (χ1) is 16.7. The Bertz CT molecular complexity index is 1040. The van der Waals surface area contributed by atoms with Crippen molar-refractivity contribution in [2.45, 2.75) is 95.5 Å². The average molecular weight is 481 g/mol. The van der Waals surface area contributed by atoms with Gasteiger partial charge in [-0.15, -0.1) is 0 Å². The molecular formula is C30H48N4O. The second kappa shape index (κ2) is 17.5. The minimum Gasteiger partial charge on any atom is -0.472 e. The third kappa shape index (κ3) is 10.9. The molecule has 5 nitrogen and oxygen atoms in total. The zero-order chi connectivity index (χ0) is 27.0. The second-order valence-corrected chi connectivity index (χ2v) is 8.57.